The molecule has 5 atom stereocenters. The molecule has 0 aromatic heterocycles. The average Bonchev–Trinajstić information content (AvgIpc) is 3.68. The van der Waals surface area contributed by atoms with Gasteiger partial charge in [0.15, 0.2) is 11.7 Å². The zero-order valence-electron chi connectivity index (χ0n) is 30.8. The van der Waals surface area contributed by atoms with Crippen molar-refractivity contribution in [3.63, 3.8) is 0 Å². The maximum atomic E-state index is 14.6. The molecule has 1 unspecified atom stereocenters. The third-order valence-corrected chi connectivity index (χ3v) is 10.8. The van der Waals surface area contributed by atoms with Gasteiger partial charge in [-0.05, 0) is 68.6 Å². The van der Waals surface area contributed by atoms with Crippen LogP contribution in [0, 0.1) is 11.3 Å². The number of hydrogen-bond acceptors (Lipinski definition) is 8. The Hall–Kier alpha value is -3.38. The lowest BCUT2D eigenvalue weighted by atomic mass is 9.84. The van der Waals surface area contributed by atoms with E-state index >= 15 is 0 Å². The van der Waals surface area contributed by atoms with Crippen LogP contribution in [-0.4, -0.2) is 88.4 Å². The Bertz CT molecular complexity index is 1470. The summed E-state index contributed by atoms with van der Waals surface area (Å²) in [4.78, 5) is 62.7. The fourth-order valence-electron chi connectivity index (χ4n) is 7.52. The number of nitrogens with zero attached hydrogens (tertiary/aromatic N) is 2. The standard InChI is InChI=1S/C38H56ClN5O7/c1-6-11-27(32(46)35(48)40-25-15-16-25)41-34(47)29-21-38(20-28(43-51-38)24-14-17-30(50-7-2)26(39)19-24)22-44(29)36(49)33(37(3,4)5)42-31(45)18-23-12-9-8-10-13-23/h14,17,19,23,25,27,29,32-33,46H,6-13,15-16,18,20-22H2,1-5H3,(H,40,48)(H,41,47)(H,42,45)/t27-,29-,32?,33+,38+/m0/s1. The number of nitrogens with one attached hydrogen (secondary N) is 3. The smallest absolute Gasteiger partial charge is 0.251 e. The van der Waals surface area contributed by atoms with Gasteiger partial charge in [-0.15, -0.1) is 0 Å². The lowest BCUT2D eigenvalue weighted by Crippen LogP contribution is -2.59. The van der Waals surface area contributed by atoms with Crippen LogP contribution in [0.25, 0.3) is 0 Å². The van der Waals surface area contributed by atoms with E-state index < -0.39 is 53.0 Å². The summed E-state index contributed by atoms with van der Waals surface area (Å²) in [5, 5.41) is 24.6. The summed E-state index contributed by atoms with van der Waals surface area (Å²) in [6.45, 7) is 10.00. The van der Waals surface area contributed by atoms with Gasteiger partial charge in [-0.25, -0.2) is 0 Å². The lowest BCUT2D eigenvalue weighted by molar-refractivity contribution is -0.145. The zero-order valence-corrected chi connectivity index (χ0v) is 31.5. The highest BCUT2D eigenvalue weighted by Crippen LogP contribution is 2.41. The van der Waals surface area contributed by atoms with Crippen LogP contribution in [0.4, 0.5) is 0 Å². The van der Waals surface area contributed by atoms with E-state index in [0.717, 1.165) is 44.1 Å². The average molecular weight is 730 g/mol. The molecule has 1 saturated heterocycles. The minimum absolute atomic E-state index is 0.0505. The number of carbonyl (C=O) groups is 4. The number of aliphatic hydroxyl groups excluding tert-OH is 1. The number of benzene rings is 1. The number of halogens is 1. The summed E-state index contributed by atoms with van der Waals surface area (Å²) in [5.74, 6) is -0.739. The van der Waals surface area contributed by atoms with Crippen LogP contribution in [0.5, 0.6) is 5.75 Å². The molecule has 1 aromatic rings. The predicted octanol–water partition coefficient (Wildman–Crippen LogP) is 4.63. The highest BCUT2D eigenvalue weighted by atomic mass is 35.5. The van der Waals surface area contributed by atoms with E-state index in [0.29, 0.717) is 54.7 Å². The first-order valence-corrected chi connectivity index (χ1v) is 19.2. The van der Waals surface area contributed by atoms with Gasteiger partial charge in [0.1, 0.15) is 17.8 Å². The van der Waals surface area contributed by atoms with Gasteiger partial charge in [0.25, 0.3) is 5.91 Å². The Morgan fingerprint density at radius 1 is 1.10 bits per heavy atom. The van der Waals surface area contributed by atoms with Crippen molar-refractivity contribution < 1.29 is 33.9 Å². The minimum Gasteiger partial charge on any atom is -0.492 e. The maximum absolute atomic E-state index is 14.6. The second kappa shape index (κ2) is 16.5. The van der Waals surface area contributed by atoms with Gasteiger partial charge in [-0.1, -0.05) is 70.1 Å². The SMILES string of the molecule is CCC[C@H](NC(=O)[C@@H]1C[C@]2(CC(c3ccc(OCC)c(Cl)c3)=NO2)CN1C(=O)[C@@H](NC(=O)CC1CCCCC1)C(C)(C)C)C(O)C(=O)NC1CC1. The summed E-state index contributed by atoms with van der Waals surface area (Å²) in [7, 11) is 0. The molecule has 4 aliphatic rings. The molecule has 51 heavy (non-hydrogen) atoms. The molecule has 3 fully saturated rings. The molecule has 1 aromatic carbocycles. The summed E-state index contributed by atoms with van der Waals surface area (Å²) < 4.78 is 5.59. The van der Waals surface area contributed by atoms with E-state index in [4.69, 9.17) is 21.2 Å². The number of aliphatic hydroxyl groups is 1. The summed E-state index contributed by atoms with van der Waals surface area (Å²) in [6, 6.07) is 2.66. The Labute approximate surface area is 306 Å². The number of ether oxygens (including phenoxy) is 1. The van der Waals surface area contributed by atoms with Crippen molar-refractivity contribution in [3.05, 3.63) is 28.8 Å². The molecule has 2 aliphatic carbocycles. The molecule has 4 N–H and O–H groups in total. The Kier molecular flexibility index (Phi) is 12.6. The molecule has 1 spiro atoms. The van der Waals surface area contributed by atoms with Crippen LogP contribution in [0.15, 0.2) is 23.4 Å². The van der Waals surface area contributed by atoms with Crippen molar-refractivity contribution in [2.24, 2.45) is 16.5 Å². The summed E-state index contributed by atoms with van der Waals surface area (Å²) >= 11 is 6.49. The quantitative estimate of drug-likeness (QED) is 0.217. The second-order valence-corrected chi connectivity index (χ2v) is 16.4. The molecule has 0 radical (unpaired) electrons. The zero-order chi connectivity index (χ0) is 36.9. The fourth-order valence-corrected chi connectivity index (χ4v) is 7.76. The van der Waals surface area contributed by atoms with E-state index in [-0.39, 0.29) is 24.9 Å². The van der Waals surface area contributed by atoms with Gasteiger partial charge < -0.3 is 35.5 Å². The van der Waals surface area contributed by atoms with E-state index in [1.165, 1.54) is 11.3 Å². The Balaban J connectivity index is 1.38. The van der Waals surface area contributed by atoms with Crippen molar-refractivity contribution in [1.82, 2.24) is 20.9 Å². The van der Waals surface area contributed by atoms with Crippen molar-refractivity contribution >= 4 is 40.9 Å². The highest BCUT2D eigenvalue weighted by molar-refractivity contribution is 6.32. The van der Waals surface area contributed by atoms with Gasteiger partial charge in [0, 0.05) is 30.9 Å². The number of likely N-dealkylation sites (tertiary alicyclic amines) is 1. The molecule has 13 heteroatoms. The molecular weight excluding hydrogens is 674 g/mol. The molecule has 5 rings (SSSR count). The fraction of sp³-hybridized carbons (Fsp3) is 0.711. The van der Waals surface area contributed by atoms with Crippen molar-refractivity contribution in [2.75, 3.05) is 13.2 Å². The van der Waals surface area contributed by atoms with Crippen LogP contribution in [-0.2, 0) is 24.0 Å². The molecular formula is C38H56ClN5O7. The number of carbonyl (C=O) groups excluding carboxylic acids is 4. The summed E-state index contributed by atoms with van der Waals surface area (Å²) in [6.07, 6.45) is 7.45. The van der Waals surface area contributed by atoms with E-state index in [1.54, 1.807) is 12.1 Å². The van der Waals surface area contributed by atoms with Crippen LogP contribution in [0.1, 0.15) is 117 Å². The molecule has 4 amide bonds. The number of oxime groups is 1. The topological polar surface area (TPSA) is 159 Å². The highest BCUT2D eigenvalue weighted by Gasteiger charge is 2.55. The minimum atomic E-state index is -1.45. The molecule has 282 valence electrons. The molecule has 12 nitrogen and oxygen atoms in total. The number of hydrogen-bond donors (Lipinski definition) is 4. The second-order valence-electron chi connectivity index (χ2n) is 16.0. The van der Waals surface area contributed by atoms with Crippen LogP contribution in [0.2, 0.25) is 5.02 Å². The van der Waals surface area contributed by atoms with E-state index in [1.807, 2.05) is 40.7 Å². The van der Waals surface area contributed by atoms with Gasteiger partial charge in [0.2, 0.25) is 17.7 Å². The largest absolute Gasteiger partial charge is 0.492 e. The molecule has 2 aliphatic heterocycles. The van der Waals surface area contributed by atoms with Crippen molar-refractivity contribution in [1.29, 1.82) is 0 Å². The Morgan fingerprint density at radius 2 is 1.82 bits per heavy atom. The molecule has 2 heterocycles. The summed E-state index contributed by atoms with van der Waals surface area (Å²) in [5.41, 5.74) is -0.330. The van der Waals surface area contributed by atoms with Gasteiger partial charge in [-0.3, -0.25) is 19.2 Å². The van der Waals surface area contributed by atoms with Crippen molar-refractivity contribution in [2.45, 2.75) is 148 Å². The van der Waals surface area contributed by atoms with E-state index in [2.05, 4.69) is 21.1 Å². The van der Waals surface area contributed by atoms with Crippen molar-refractivity contribution in [3.8, 4) is 5.75 Å². The van der Waals surface area contributed by atoms with Crippen LogP contribution in [0.3, 0.4) is 0 Å². The van der Waals surface area contributed by atoms with Gasteiger partial charge in [-0.2, -0.15) is 0 Å². The maximum Gasteiger partial charge on any atom is 0.251 e. The lowest BCUT2D eigenvalue weighted by Gasteiger charge is -2.36. The first kappa shape index (κ1) is 38.8. The third kappa shape index (κ3) is 9.74. The van der Waals surface area contributed by atoms with Gasteiger partial charge in [0.05, 0.1) is 29.9 Å². The first-order valence-electron chi connectivity index (χ1n) is 18.8. The molecule has 2 saturated carbocycles. The normalized spacial score (nSPS) is 23.9. The van der Waals surface area contributed by atoms with Crippen LogP contribution >= 0.6 is 11.6 Å². The van der Waals surface area contributed by atoms with E-state index in [9.17, 15) is 24.3 Å². The first-order chi connectivity index (χ1) is 24.2. The monoisotopic (exact) mass is 729 g/mol. The predicted molar refractivity (Wildman–Crippen MR) is 194 cm³/mol. The third-order valence-electron chi connectivity index (χ3n) is 10.5. The molecule has 0 bridgehead atoms. The number of rotatable bonds is 14. The van der Waals surface area contributed by atoms with Crippen LogP contribution < -0.4 is 20.7 Å². The Morgan fingerprint density at radius 3 is 2.45 bits per heavy atom. The van der Waals surface area contributed by atoms with Gasteiger partial charge >= 0.3 is 0 Å². The number of amides is 4.